The monoisotopic (exact) mass is 336 g/mol. The molecule has 0 radical (unpaired) electrons. The third-order valence-corrected chi connectivity index (χ3v) is 3.80. The summed E-state index contributed by atoms with van der Waals surface area (Å²) in [7, 11) is 0. The quantitative estimate of drug-likeness (QED) is 0.695. The van der Waals surface area contributed by atoms with Crippen molar-refractivity contribution in [2.75, 3.05) is 10.6 Å². The highest BCUT2D eigenvalue weighted by Crippen LogP contribution is 2.12. The summed E-state index contributed by atoms with van der Waals surface area (Å²) in [4.78, 5) is 0. The number of aryl methyl sites for hydroxylation is 2. The Morgan fingerprint density at radius 2 is 1.71 bits per heavy atom. The summed E-state index contributed by atoms with van der Waals surface area (Å²) in [6, 6.07) is 16.5. The summed E-state index contributed by atoms with van der Waals surface area (Å²) in [5, 5.41) is 11.3. The molecule has 3 aromatic rings. The van der Waals surface area contributed by atoms with E-state index in [1.54, 1.807) is 6.20 Å². The van der Waals surface area contributed by atoms with Crippen molar-refractivity contribution >= 4 is 28.7 Å². The predicted octanol–water partition coefficient (Wildman–Crippen LogP) is 4.36. The number of thiocarbonyl (C=S) groups is 1. The van der Waals surface area contributed by atoms with E-state index in [0.717, 1.165) is 17.9 Å². The largest absolute Gasteiger partial charge is 0.332 e. The molecule has 0 aliphatic carbocycles. The molecule has 0 unspecified atom stereocenters. The van der Waals surface area contributed by atoms with E-state index in [2.05, 4.69) is 66.0 Å². The highest BCUT2D eigenvalue weighted by Gasteiger charge is 2.03. The zero-order valence-corrected chi connectivity index (χ0v) is 14.6. The zero-order valence-electron chi connectivity index (χ0n) is 13.8. The van der Waals surface area contributed by atoms with Crippen LogP contribution in [0.25, 0.3) is 0 Å². The van der Waals surface area contributed by atoms with E-state index < -0.39 is 0 Å². The predicted molar refractivity (Wildman–Crippen MR) is 104 cm³/mol. The van der Waals surface area contributed by atoms with Crippen LogP contribution in [0.3, 0.4) is 0 Å². The molecule has 0 amide bonds. The highest BCUT2D eigenvalue weighted by molar-refractivity contribution is 7.80. The molecule has 2 aromatic carbocycles. The summed E-state index contributed by atoms with van der Waals surface area (Å²) >= 11 is 5.36. The van der Waals surface area contributed by atoms with Gasteiger partial charge in [-0.1, -0.05) is 42.0 Å². The number of aromatic nitrogens is 2. The maximum absolute atomic E-state index is 5.36. The third-order valence-electron chi connectivity index (χ3n) is 3.59. The number of nitrogens with one attached hydrogen (secondary N) is 2. The first-order chi connectivity index (χ1) is 11.6. The van der Waals surface area contributed by atoms with E-state index in [4.69, 9.17) is 12.2 Å². The lowest BCUT2D eigenvalue weighted by Crippen LogP contribution is -2.18. The Morgan fingerprint density at radius 1 is 1.00 bits per heavy atom. The molecular weight excluding hydrogens is 316 g/mol. The highest BCUT2D eigenvalue weighted by atomic mass is 32.1. The van der Waals surface area contributed by atoms with Gasteiger partial charge in [0.05, 0.1) is 18.4 Å². The smallest absolute Gasteiger partial charge is 0.175 e. The van der Waals surface area contributed by atoms with Gasteiger partial charge in [-0.2, -0.15) is 5.10 Å². The Labute approximate surface area is 147 Å². The fourth-order valence-corrected chi connectivity index (χ4v) is 2.76. The summed E-state index contributed by atoms with van der Waals surface area (Å²) in [6.45, 7) is 4.88. The molecule has 2 N–H and O–H groups in total. The molecule has 0 atom stereocenters. The number of hydrogen-bond acceptors (Lipinski definition) is 2. The first kappa shape index (κ1) is 16.2. The molecule has 122 valence electrons. The molecule has 1 aromatic heterocycles. The second-order valence-electron chi connectivity index (χ2n) is 5.86. The zero-order chi connectivity index (χ0) is 16.9. The van der Waals surface area contributed by atoms with Gasteiger partial charge in [0, 0.05) is 11.9 Å². The molecule has 4 nitrogen and oxygen atoms in total. The second-order valence-corrected chi connectivity index (χ2v) is 6.27. The van der Waals surface area contributed by atoms with Crippen LogP contribution in [0.2, 0.25) is 0 Å². The molecule has 0 fully saturated rings. The Hall–Kier alpha value is -2.66. The maximum Gasteiger partial charge on any atom is 0.175 e. The van der Waals surface area contributed by atoms with Crippen LogP contribution in [0.1, 0.15) is 16.7 Å². The summed E-state index contributed by atoms with van der Waals surface area (Å²) in [5.74, 6) is 0. The fourth-order valence-electron chi connectivity index (χ4n) is 2.53. The normalized spacial score (nSPS) is 10.4. The van der Waals surface area contributed by atoms with Crippen molar-refractivity contribution in [2.24, 2.45) is 0 Å². The lowest BCUT2D eigenvalue weighted by molar-refractivity contribution is 0.686. The fraction of sp³-hybridized carbons (Fsp3) is 0.158. The van der Waals surface area contributed by atoms with Crippen LogP contribution in [0.15, 0.2) is 60.9 Å². The van der Waals surface area contributed by atoms with Gasteiger partial charge in [0.15, 0.2) is 5.11 Å². The van der Waals surface area contributed by atoms with E-state index in [1.165, 1.54) is 16.7 Å². The Balaban J connectivity index is 1.60. The molecule has 1 heterocycles. The van der Waals surface area contributed by atoms with Crippen molar-refractivity contribution in [3.63, 3.8) is 0 Å². The Kier molecular flexibility index (Phi) is 4.91. The molecule has 5 heteroatoms. The molecule has 3 rings (SSSR count). The van der Waals surface area contributed by atoms with Gasteiger partial charge in [-0.3, -0.25) is 4.68 Å². The summed E-state index contributed by atoms with van der Waals surface area (Å²) in [5.41, 5.74) is 5.51. The summed E-state index contributed by atoms with van der Waals surface area (Å²) in [6.07, 6.45) is 3.73. The van der Waals surface area contributed by atoms with Crippen LogP contribution in [0.4, 0.5) is 11.4 Å². The molecule has 0 saturated carbocycles. The van der Waals surface area contributed by atoms with Crippen LogP contribution < -0.4 is 10.6 Å². The van der Waals surface area contributed by atoms with Gasteiger partial charge >= 0.3 is 0 Å². The first-order valence-corrected chi connectivity index (χ1v) is 8.22. The van der Waals surface area contributed by atoms with Crippen molar-refractivity contribution in [1.29, 1.82) is 0 Å². The maximum atomic E-state index is 5.36. The molecular formula is C19H20N4S. The van der Waals surface area contributed by atoms with Crippen LogP contribution in [-0.2, 0) is 6.54 Å². The van der Waals surface area contributed by atoms with E-state index in [9.17, 15) is 0 Å². The summed E-state index contributed by atoms with van der Waals surface area (Å²) < 4.78 is 1.90. The van der Waals surface area contributed by atoms with Crippen LogP contribution in [0, 0.1) is 13.8 Å². The number of anilines is 2. The Bertz CT molecular complexity index is 854. The van der Waals surface area contributed by atoms with Crippen molar-refractivity contribution in [3.05, 3.63) is 77.6 Å². The van der Waals surface area contributed by atoms with E-state index in [-0.39, 0.29) is 0 Å². The van der Waals surface area contributed by atoms with Gasteiger partial charge in [-0.25, -0.2) is 0 Å². The minimum atomic E-state index is 0.552. The van der Waals surface area contributed by atoms with Crippen LogP contribution >= 0.6 is 12.2 Å². The van der Waals surface area contributed by atoms with Gasteiger partial charge in [-0.15, -0.1) is 0 Å². The minimum Gasteiger partial charge on any atom is -0.332 e. The Morgan fingerprint density at radius 3 is 2.46 bits per heavy atom. The first-order valence-electron chi connectivity index (χ1n) is 7.81. The SMILES string of the molecule is Cc1cccc(Cn2cc(NC(=S)Nc3cccc(C)c3)cn2)c1. The van der Waals surface area contributed by atoms with Gasteiger partial charge in [0.1, 0.15) is 0 Å². The van der Waals surface area contributed by atoms with E-state index >= 15 is 0 Å². The molecule has 24 heavy (non-hydrogen) atoms. The molecule has 0 aliphatic heterocycles. The molecule has 0 spiro atoms. The topological polar surface area (TPSA) is 41.9 Å². The number of benzene rings is 2. The number of rotatable bonds is 4. The van der Waals surface area contributed by atoms with Crippen LogP contribution in [0.5, 0.6) is 0 Å². The van der Waals surface area contributed by atoms with E-state index in [0.29, 0.717) is 5.11 Å². The van der Waals surface area contributed by atoms with Gasteiger partial charge in [-0.05, 0) is 49.3 Å². The average Bonchev–Trinajstić information content (AvgIpc) is 2.94. The van der Waals surface area contributed by atoms with Gasteiger partial charge in [0.25, 0.3) is 0 Å². The van der Waals surface area contributed by atoms with Crippen molar-refractivity contribution in [3.8, 4) is 0 Å². The molecule has 0 bridgehead atoms. The molecule has 0 aliphatic rings. The van der Waals surface area contributed by atoms with E-state index in [1.807, 2.05) is 23.0 Å². The number of hydrogen-bond donors (Lipinski definition) is 2. The average molecular weight is 336 g/mol. The van der Waals surface area contributed by atoms with Crippen molar-refractivity contribution < 1.29 is 0 Å². The lowest BCUT2D eigenvalue weighted by Gasteiger charge is -2.09. The molecule has 0 saturated heterocycles. The lowest BCUT2D eigenvalue weighted by atomic mass is 10.1. The van der Waals surface area contributed by atoms with Crippen LogP contribution in [-0.4, -0.2) is 14.9 Å². The second kappa shape index (κ2) is 7.27. The van der Waals surface area contributed by atoms with Crippen molar-refractivity contribution in [1.82, 2.24) is 9.78 Å². The van der Waals surface area contributed by atoms with Gasteiger partial charge in [0.2, 0.25) is 0 Å². The standard InChI is InChI=1S/C19H20N4S/c1-14-5-3-7-16(9-14)12-23-13-18(11-20-23)22-19(24)21-17-8-4-6-15(2)10-17/h3-11,13H,12H2,1-2H3,(H2,21,22,24). The van der Waals surface area contributed by atoms with Gasteiger partial charge < -0.3 is 10.6 Å². The van der Waals surface area contributed by atoms with Crippen molar-refractivity contribution in [2.45, 2.75) is 20.4 Å². The minimum absolute atomic E-state index is 0.552. The number of nitrogens with zero attached hydrogens (tertiary/aromatic N) is 2. The third kappa shape index (κ3) is 4.43.